The molecule has 0 radical (unpaired) electrons. The summed E-state index contributed by atoms with van der Waals surface area (Å²) in [6.45, 7) is -0.00791. The summed E-state index contributed by atoms with van der Waals surface area (Å²) < 4.78 is 6.05. The molecule has 0 saturated heterocycles. The molecule has 1 aromatic carbocycles. The van der Waals surface area contributed by atoms with Crippen molar-refractivity contribution in [2.75, 3.05) is 0 Å². The molecule has 1 N–H and O–H groups in total. The Morgan fingerprint density at radius 2 is 2.00 bits per heavy atom. The summed E-state index contributed by atoms with van der Waals surface area (Å²) in [5.74, 6) is 0.800. The number of aliphatic hydroxyl groups is 1. The molecule has 0 aliphatic carbocycles. The van der Waals surface area contributed by atoms with Gasteiger partial charge in [-0.1, -0.05) is 23.4 Å². The van der Waals surface area contributed by atoms with Crippen LogP contribution >= 0.6 is 15.9 Å². The van der Waals surface area contributed by atoms with Crippen molar-refractivity contribution in [1.82, 2.24) is 20.1 Å². The normalized spacial score (nSPS) is 11.1. The van der Waals surface area contributed by atoms with Gasteiger partial charge < -0.3 is 9.63 Å². The van der Waals surface area contributed by atoms with E-state index in [1.807, 2.05) is 42.5 Å². The number of rotatable bonds is 3. The van der Waals surface area contributed by atoms with E-state index in [0.29, 0.717) is 22.0 Å². The monoisotopic (exact) mass is 382 g/mol. The maximum absolute atomic E-state index is 9.19. The SMILES string of the molecule is OCc1ccc2cc(-c3nc(-c4cccc(Br)n4)no3)cnc2c1. The Morgan fingerprint density at radius 3 is 2.83 bits per heavy atom. The lowest BCUT2D eigenvalue weighted by Crippen LogP contribution is -1.88. The topological polar surface area (TPSA) is 84.9 Å². The van der Waals surface area contributed by atoms with Gasteiger partial charge in [-0.2, -0.15) is 4.98 Å². The first-order valence-corrected chi connectivity index (χ1v) is 7.99. The number of hydrogen-bond acceptors (Lipinski definition) is 6. The highest BCUT2D eigenvalue weighted by molar-refractivity contribution is 9.10. The Hall–Kier alpha value is -2.64. The minimum absolute atomic E-state index is 0.00791. The predicted molar refractivity (Wildman–Crippen MR) is 91.9 cm³/mol. The highest BCUT2D eigenvalue weighted by atomic mass is 79.9. The third-order valence-electron chi connectivity index (χ3n) is 3.55. The number of halogens is 1. The second-order valence-corrected chi connectivity index (χ2v) is 5.99. The fraction of sp³-hybridized carbons (Fsp3) is 0.0588. The number of hydrogen-bond donors (Lipinski definition) is 1. The van der Waals surface area contributed by atoms with Gasteiger partial charge in [-0.3, -0.25) is 4.98 Å². The molecule has 24 heavy (non-hydrogen) atoms. The molecule has 0 bridgehead atoms. The van der Waals surface area contributed by atoms with Crippen molar-refractivity contribution in [3.63, 3.8) is 0 Å². The van der Waals surface area contributed by atoms with E-state index in [2.05, 4.69) is 36.0 Å². The number of aliphatic hydroxyl groups excluding tert-OH is 1. The zero-order valence-electron chi connectivity index (χ0n) is 12.3. The van der Waals surface area contributed by atoms with Gasteiger partial charge in [-0.15, -0.1) is 0 Å². The molecule has 0 aliphatic rings. The average Bonchev–Trinajstić information content (AvgIpc) is 3.11. The van der Waals surface area contributed by atoms with Gasteiger partial charge in [0, 0.05) is 11.6 Å². The number of nitrogens with zero attached hydrogens (tertiary/aromatic N) is 4. The molecule has 0 spiro atoms. The molecule has 3 aromatic heterocycles. The van der Waals surface area contributed by atoms with Crippen LogP contribution in [0.2, 0.25) is 0 Å². The summed E-state index contributed by atoms with van der Waals surface area (Å²) in [6, 6.07) is 13.0. The molecule has 0 atom stereocenters. The summed E-state index contributed by atoms with van der Waals surface area (Å²) in [5, 5.41) is 14.1. The van der Waals surface area contributed by atoms with Gasteiger partial charge in [0.1, 0.15) is 10.3 Å². The van der Waals surface area contributed by atoms with E-state index in [1.165, 1.54) is 0 Å². The van der Waals surface area contributed by atoms with E-state index >= 15 is 0 Å². The van der Waals surface area contributed by atoms with Crippen molar-refractivity contribution >= 4 is 26.8 Å². The van der Waals surface area contributed by atoms with Crippen LogP contribution in [0.5, 0.6) is 0 Å². The van der Waals surface area contributed by atoms with Crippen molar-refractivity contribution < 1.29 is 9.63 Å². The lowest BCUT2D eigenvalue weighted by Gasteiger charge is -2.01. The lowest BCUT2D eigenvalue weighted by atomic mass is 10.1. The molecular formula is C17H11BrN4O2. The highest BCUT2D eigenvalue weighted by Gasteiger charge is 2.13. The second kappa shape index (κ2) is 6.10. The maximum Gasteiger partial charge on any atom is 0.259 e. The standard InChI is InChI=1S/C17H11BrN4O2/c18-15-3-1-2-13(20-15)16-21-17(24-22-16)12-7-11-5-4-10(9-23)6-14(11)19-8-12/h1-8,23H,9H2. The summed E-state index contributed by atoms with van der Waals surface area (Å²) in [4.78, 5) is 13.1. The summed E-state index contributed by atoms with van der Waals surface area (Å²) in [5.41, 5.74) is 2.98. The fourth-order valence-corrected chi connectivity index (χ4v) is 2.70. The Morgan fingerprint density at radius 1 is 1.08 bits per heavy atom. The molecule has 118 valence electrons. The van der Waals surface area contributed by atoms with Gasteiger partial charge in [-0.05, 0) is 45.8 Å². The van der Waals surface area contributed by atoms with Gasteiger partial charge in [0.15, 0.2) is 0 Å². The van der Waals surface area contributed by atoms with E-state index in [4.69, 9.17) is 4.52 Å². The van der Waals surface area contributed by atoms with Crippen LogP contribution < -0.4 is 0 Å². The zero-order chi connectivity index (χ0) is 16.5. The van der Waals surface area contributed by atoms with Gasteiger partial charge in [0.05, 0.1) is 17.7 Å². The molecule has 4 rings (SSSR count). The van der Waals surface area contributed by atoms with Crippen LogP contribution in [-0.2, 0) is 6.61 Å². The van der Waals surface area contributed by atoms with Gasteiger partial charge >= 0.3 is 0 Å². The third kappa shape index (κ3) is 2.79. The molecule has 6 nitrogen and oxygen atoms in total. The summed E-state index contributed by atoms with van der Waals surface area (Å²) in [7, 11) is 0. The quantitative estimate of drug-likeness (QED) is 0.544. The number of aromatic nitrogens is 4. The molecule has 3 heterocycles. The van der Waals surface area contributed by atoms with Crippen LogP contribution in [0.1, 0.15) is 5.56 Å². The van der Waals surface area contributed by atoms with Crippen LogP contribution in [0.4, 0.5) is 0 Å². The third-order valence-corrected chi connectivity index (χ3v) is 3.99. The highest BCUT2D eigenvalue weighted by Crippen LogP contribution is 2.24. The van der Waals surface area contributed by atoms with Crippen LogP contribution in [0.3, 0.4) is 0 Å². The number of benzene rings is 1. The van der Waals surface area contributed by atoms with Crippen molar-refractivity contribution in [1.29, 1.82) is 0 Å². The molecule has 7 heteroatoms. The molecular weight excluding hydrogens is 372 g/mol. The molecule has 0 saturated carbocycles. The van der Waals surface area contributed by atoms with Crippen LogP contribution in [0.15, 0.2) is 57.8 Å². The van der Waals surface area contributed by atoms with E-state index in [1.54, 1.807) is 6.20 Å². The zero-order valence-corrected chi connectivity index (χ0v) is 13.9. The van der Waals surface area contributed by atoms with Crippen LogP contribution in [0, 0.1) is 0 Å². The number of fused-ring (bicyclic) bond motifs is 1. The van der Waals surface area contributed by atoms with E-state index < -0.39 is 0 Å². The smallest absolute Gasteiger partial charge is 0.259 e. The average molecular weight is 383 g/mol. The Labute approximate surface area is 145 Å². The Kier molecular flexibility index (Phi) is 3.79. The first-order chi connectivity index (χ1) is 11.7. The largest absolute Gasteiger partial charge is 0.392 e. The molecule has 4 aromatic rings. The van der Waals surface area contributed by atoms with Crippen molar-refractivity contribution in [3.05, 3.63) is 58.8 Å². The first kappa shape index (κ1) is 14.9. The van der Waals surface area contributed by atoms with Gasteiger partial charge in [-0.25, -0.2) is 4.98 Å². The van der Waals surface area contributed by atoms with Crippen LogP contribution in [-0.4, -0.2) is 25.2 Å². The fourth-order valence-electron chi connectivity index (χ4n) is 2.36. The van der Waals surface area contributed by atoms with Crippen molar-refractivity contribution in [2.24, 2.45) is 0 Å². The van der Waals surface area contributed by atoms with E-state index in [-0.39, 0.29) is 6.61 Å². The number of pyridine rings is 2. The second-order valence-electron chi connectivity index (χ2n) is 5.18. The Balaban J connectivity index is 1.72. The molecule has 0 amide bonds. The maximum atomic E-state index is 9.19. The minimum atomic E-state index is -0.00791. The van der Waals surface area contributed by atoms with E-state index in [9.17, 15) is 5.11 Å². The van der Waals surface area contributed by atoms with E-state index in [0.717, 1.165) is 22.0 Å². The lowest BCUT2D eigenvalue weighted by molar-refractivity contribution is 0.282. The predicted octanol–water partition coefficient (Wildman–Crippen LogP) is 3.60. The van der Waals surface area contributed by atoms with Crippen molar-refractivity contribution in [3.8, 4) is 23.0 Å². The molecule has 0 fully saturated rings. The van der Waals surface area contributed by atoms with Gasteiger partial charge in [0.25, 0.3) is 5.89 Å². The summed E-state index contributed by atoms with van der Waals surface area (Å²) in [6.07, 6.45) is 1.68. The molecule has 0 unspecified atom stereocenters. The molecule has 0 aliphatic heterocycles. The van der Waals surface area contributed by atoms with Gasteiger partial charge in [0.2, 0.25) is 5.82 Å². The first-order valence-electron chi connectivity index (χ1n) is 7.19. The van der Waals surface area contributed by atoms with Crippen molar-refractivity contribution in [2.45, 2.75) is 6.61 Å². The van der Waals surface area contributed by atoms with Crippen LogP contribution in [0.25, 0.3) is 33.9 Å². The Bertz CT molecular complexity index is 1030. The minimum Gasteiger partial charge on any atom is -0.392 e. The summed E-state index contributed by atoms with van der Waals surface area (Å²) >= 11 is 3.32.